The second kappa shape index (κ2) is 5.13. The Kier molecular flexibility index (Phi) is 3.60. The Morgan fingerprint density at radius 3 is 2.90 bits per heavy atom. The lowest BCUT2D eigenvalue weighted by Gasteiger charge is -2.29. The second-order valence-corrected chi connectivity index (χ2v) is 7.99. The van der Waals surface area contributed by atoms with Crippen molar-refractivity contribution >= 4 is 10.0 Å². The Hall–Kier alpha value is -0.920. The third kappa shape index (κ3) is 2.62. The van der Waals surface area contributed by atoms with E-state index in [0.29, 0.717) is 36.4 Å². The molecule has 7 heteroatoms. The fraction of sp³-hybridized carbons (Fsp3) is 0.769. The summed E-state index contributed by atoms with van der Waals surface area (Å²) in [6.45, 7) is 2.93. The smallest absolute Gasteiger partial charge is 0.219 e. The largest absolute Gasteiger partial charge is 0.361 e. The molecule has 2 N–H and O–H groups in total. The van der Waals surface area contributed by atoms with Crippen molar-refractivity contribution in [2.24, 2.45) is 17.6 Å². The zero-order valence-corrected chi connectivity index (χ0v) is 12.5. The van der Waals surface area contributed by atoms with E-state index in [4.69, 9.17) is 10.3 Å². The Morgan fingerprint density at radius 2 is 2.25 bits per heavy atom. The van der Waals surface area contributed by atoms with Gasteiger partial charge >= 0.3 is 0 Å². The summed E-state index contributed by atoms with van der Waals surface area (Å²) in [6.07, 6.45) is 3.21. The van der Waals surface area contributed by atoms with Crippen LogP contribution in [-0.4, -0.2) is 37.0 Å². The maximum Gasteiger partial charge on any atom is 0.219 e. The average Bonchev–Trinajstić information content (AvgIpc) is 2.96. The van der Waals surface area contributed by atoms with E-state index >= 15 is 0 Å². The van der Waals surface area contributed by atoms with Crippen LogP contribution in [0, 0.1) is 18.8 Å². The fourth-order valence-electron chi connectivity index (χ4n) is 3.47. The van der Waals surface area contributed by atoms with Crippen LogP contribution >= 0.6 is 0 Å². The van der Waals surface area contributed by atoms with Gasteiger partial charge in [-0.05, 0) is 31.6 Å². The van der Waals surface area contributed by atoms with Gasteiger partial charge in [-0.2, -0.15) is 0 Å². The molecule has 0 bridgehead atoms. The normalized spacial score (nSPS) is 31.4. The van der Waals surface area contributed by atoms with E-state index in [9.17, 15) is 8.42 Å². The van der Waals surface area contributed by atoms with E-state index in [1.54, 1.807) is 17.3 Å². The van der Waals surface area contributed by atoms with E-state index in [-0.39, 0.29) is 11.8 Å². The van der Waals surface area contributed by atoms with Gasteiger partial charge in [0.05, 0.1) is 0 Å². The molecule has 6 nitrogen and oxygen atoms in total. The van der Waals surface area contributed by atoms with E-state index in [1.165, 1.54) is 0 Å². The van der Waals surface area contributed by atoms with Gasteiger partial charge in [0.15, 0.2) is 0 Å². The van der Waals surface area contributed by atoms with Crippen LogP contribution in [0.2, 0.25) is 0 Å². The summed E-state index contributed by atoms with van der Waals surface area (Å²) in [5, 5.41) is 3.77. The molecular weight excluding hydrogens is 278 g/mol. The molecule has 1 aliphatic heterocycles. The van der Waals surface area contributed by atoms with Gasteiger partial charge in [-0.25, -0.2) is 12.7 Å². The number of aryl methyl sites for hydroxylation is 1. The van der Waals surface area contributed by atoms with E-state index in [1.807, 2.05) is 0 Å². The van der Waals surface area contributed by atoms with Crippen molar-refractivity contribution < 1.29 is 12.9 Å². The highest BCUT2D eigenvalue weighted by Gasteiger charge is 2.42. The van der Waals surface area contributed by atoms with Crippen molar-refractivity contribution in [3.63, 3.8) is 0 Å². The van der Waals surface area contributed by atoms with Gasteiger partial charge in [-0.3, -0.25) is 0 Å². The first-order valence-corrected chi connectivity index (χ1v) is 8.72. The topological polar surface area (TPSA) is 89.4 Å². The fourth-order valence-corrected chi connectivity index (χ4v) is 4.98. The summed E-state index contributed by atoms with van der Waals surface area (Å²) < 4.78 is 31.5. The van der Waals surface area contributed by atoms with Crippen molar-refractivity contribution in [3.05, 3.63) is 17.5 Å². The monoisotopic (exact) mass is 299 g/mol. The number of sulfonamides is 1. The number of hydrogen-bond donors (Lipinski definition) is 1. The Balaban J connectivity index is 1.72. The lowest BCUT2D eigenvalue weighted by Crippen LogP contribution is -2.38. The van der Waals surface area contributed by atoms with E-state index in [2.05, 4.69) is 5.16 Å². The Labute approximate surface area is 119 Å². The van der Waals surface area contributed by atoms with Gasteiger partial charge in [0.25, 0.3) is 0 Å². The van der Waals surface area contributed by atoms with Gasteiger partial charge in [0.1, 0.15) is 17.2 Å². The molecular formula is C13H21N3O3S. The van der Waals surface area contributed by atoms with Gasteiger partial charge in [0, 0.05) is 25.2 Å². The van der Waals surface area contributed by atoms with Crippen LogP contribution in [0.25, 0.3) is 0 Å². The minimum Gasteiger partial charge on any atom is -0.361 e. The van der Waals surface area contributed by atoms with Crippen LogP contribution < -0.4 is 5.73 Å². The van der Waals surface area contributed by atoms with Gasteiger partial charge in [-0.1, -0.05) is 11.6 Å². The molecule has 2 fully saturated rings. The highest BCUT2D eigenvalue weighted by Crippen LogP contribution is 2.37. The lowest BCUT2D eigenvalue weighted by molar-refractivity contribution is 0.260. The average molecular weight is 299 g/mol. The van der Waals surface area contributed by atoms with Crippen molar-refractivity contribution in [2.75, 3.05) is 13.1 Å². The summed E-state index contributed by atoms with van der Waals surface area (Å²) in [6, 6.07) is 1.81. The van der Waals surface area contributed by atoms with Crippen molar-refractivity contribution in [1.82, 2.24) is 9.46 Å². The molecule has 112 valence electrons. The SMILES string of the molecule is Cc1cc(CS(=O)(=O)N2CC3CCCC(N)C3C2)no1. The molecule has 1 aromatic rings. The molecule has 2 aliphatic rings. The van der Waals surface area contributed by atoms with Crippen LogP contribution in [-0.2, 0) is 15.8 Å². The van der Waals surface area contributed by atoms with Crippen LogP contribution in [0.1, 0.15) is 30.7 Å². The second-order valence-electron chi connectivity index (χ2n) is 6.02. The zero-order valence-electron chi connectivity index (χ0n) is 11.7. The molecule has 1 aromatic heterocycles. The predicted molar refractivity (Wildman–Crippen MR) is 74.2 cm³/mol. The summed E-state index contributed by atoms with van der Waals surface area (Å²) >= 11 is 0. The van der Waals surface area contributed by atoms with Crippen LogP contribution in [0.5, 0.6) is 0 Å². The third-order valence-electron chi connectivity index (χ3n) is 4.52. The first-order valence-electron chi connectivity index (χ1n) is 7.11. The molecule has 1 aliphatic carbocycles. The highest BCUT2D eigenvalue weighted by molar-refractivity contribution is 7.88. The molecule has 3 rings (SSSR count). The van der Waals surface area contributed by atoms with Crippen molar-refractivity contribution in [1.29, 1.82) is 0 Å². The van der Waals surface area contributed by atoms with Crippen molar-refractivity contribution in [2.45, 2.75) is 38.0 Å². The number of hydrogen-bond acceptors (Lipinski definition) is 5. The third-order valence-corrected chi connectivity index (χ3v) is 6.27. The van der Waals surface area contributed by atoms with Gasteiger partial charge < -0.3 is 10.3 Å². The maximum absolute atomic E-state index is 12.5. The van der Waals surface area contributed by atoms with Gasteiger partial charge in [0.2, 0.25) is 10.0 Å². The zero-order chi connectivity index (χ0) is 14.3. The van der Waals surface area contributed by atoms with Gasteiger partial charge in [-0.15, -0.1) is 0 Å². The lowest BCUT2D eigenvalue weighted by atomic mass is 9.78. The molecule has 0 radical (unpaired) electrons. The van der Waals surface area contributed by atoms with Crippen LogP contribution in [0.15, 0.2) is 10.6 Å². The minimum absolute atomic E-state index is 0.0843. The molecule has 3 atom stereocenters. The molecule has 1 saturated heterocycles. The molecule has 0 aromatic carbocycles. The Bertz CT molecular complexity index is 583. The van der Waals surface area contributed by atoms with Crippen molar-refractivity contribution in [3.8, 4) is 0 Å². The molecule has 0 amide bonds. The van der Waals surface area contributed by atoms with E-state index < -0.39 is 10.0 Å². The number of aromatic nitrogens is 1. The predicted octanol–water partition coefficient (Wildman–Crippen LogP) is 0.872. The summed E-state index contributed by atoms with van der Waals surface area (Å²) in [5.41, 5.74) is 6.61. The number of nitrogens with two attached hydrogens (primary N) is 1. The summed E-state index contributed by atoms with van der Waals surface area (Å²) in [5.74, 6) is 1.29. The minimum atomic E-state index is -3.33. The Morgan fingerprint density at radius 1 is 1.45 bits per heavy atom. The first kappa shape index (κ1) is 14.0. The summed E-state index contributed by atoms with van der Waals surface area (Å²) in [4.78, 5) is 0. The first-order chi connectivity index (χ1) is 9.45. The van der Waals surface area contributed by atoms with E-state index in [0.717, 1.165) is 19.3 Å². The standard InChI is InChI=1S/C13H21N3O3S/c1-9-5-11(15-19-9)8-20(17,18)16-6-10-3-2-4-13(14)12(10)7-16/h5,10,12-13H,2-4,6-8,14H2,1H3. The molecule has 1 saturated carbocycles. The summed E-state index contributed by atoms with van der Waals surface area (Å²) in [7, 11) is -3.33. The molecule has 2 heterocycles. The maximum atomic E-state index is 12.5. The highest BCUT2D eigenvalue weighted by atomic mass is 32.2. The van der Waals surface area contributed by atoms with Crippen LogP contribution in [0.4, 0.5) is 0 Å². The molecule has 3 unspecified atom stereocenters. The number of rotatable bonds is 3. The number of nitrogens with zero attached hydrogens (tertiary/aromatic N) is 2. The quantitative estimate of drug-likeness (QED) is 0.894. The number of fused-ring (bicyclic) bond motifs is 1. The van der Waals surface area contributed by atoms with Crippen LogP contribution in [0.3, 0.4) is 0 Å². The molecule has 0 spiro atoms. The molecule has 20 heavy (non-hydrogen) atoms.